The fraction of sp³-hybridized carbons (Fsp3) is 0.778. The first-order valence-corrected chi connectivity index (χ1v) is 5.20. The first-order chi connectivity index (χ1) is 6.51. The van der Waals surface area contributed by atoms with Crippen LogP contribution in [0.2, 0.25) is 0 Å². The Morgan fingerprint density at radius 2 is 1.79 bits per heavy atom. The summed E-state index contributed by atoms with van der Waals surface area (Å²) in [4.78, 5) is 22.2. The lowest BCUT2D eigenvalue weighted by Gasteiger charge is -2.15. The van der Waals surface area contributed by atoms with Crippen molar-refractivity contribution in [2.45, 2.75) is 45.0 Å². The molecule has 0 heterocycles. The van der Waals surface area contributed by atoms with E-state index < -0.39 is 17.3 Å². The van der Waals surface area contributed by atoms with E-state index in [9.17, 15) is 9.59 Å². The average Bonchev–Trinajstić information content (AvgIpc) is 2.13. The van der Waals surface area contributed by atoms with Gasteiger partial charge in [-0.15, -0.1) is 11.6 Å². The van der Waals surface area contributed by atoms with E-state index in [1.165, 1.54) is 6.92 Å². The topological polar surface area (TPSA) is 58.2 Å². The molecular formula is C9H17ClN2O2. The van der Waals surface area contributed by atoms with Gasteiger partial charge in [0.05, 0.1) is 0 Å². The molecule has 0 aromatic rings. The second-order valence-electron chi connectivity index (χ2n) is 3.09. The van der Waals surface area contributed by atoms with Gasteiger partial charge in [0, 0.05) is 6.04 Å². The van der Waals surface area contributed by atoms with Crippen molar-refractivity contribution in [1.82, 2.24) is 10.6 Å². The number of hydrogen-bond donors (Lipinski definition) is 2. The first-order valence-electron chi connectivity index (χ1n) is 4.76. The van der Waals surface area contributed by atoms with E-state index in [1.54, 1.807) is 0 Å². The number of hydrogen-bond acceptors (Lipinski definition) is 2. The molecule has 0 aromatic heterocycles. The van der Waals surface area contributed by atoms with Crippen molar-refractivity contribution in [3.8, 4) is 0 Å². The molecule has 0 saturated carbocycles. The van der Waals surface area contributed by atoms with Gasteiger partial charge < -0.3 is 5.32 Å². The van der Waals surface area contributed by atoms with E-state index in [-0.39, 0.29) is 6.04 Å². The smallest absolute Gasteiger partial charge is 0.321 e. The molecule has 0 aliphatic carbocycles. The molecule has 3 amide bonds. The molecular weight excluding hydrogens is 204 g/mol. The fourth-order valence-electron chi connectivity index (χ4n) is 0.926. The van der Waals surface area contributed by atoms with Crippen LogP contribution in [0.3, 0.4) is 0 Å². The molecule has 2 N–H and O–H groups in total. The number of imide groups is 1. The molecule has 0 aliphatic rings. The summed E-state index contributed by atoms with van der Waals surface area (Å²) in [6.07, 6.45) is 1.68. The maximum Gasteiger partial charge on any atom is 0.321 e. The first kappa shape index (κ1) is 13.2. The van der Waals surface area contributed by atoms with Gasteiger partial charge in [-0.1, -0.05) is 13.8 Å². The summed E-state index contributed by atoms with van der Waals surface area (Å²) in [7, 11) is 0. The van der Waals surface area contributed by atoms with Crippen LogP contribution in [0, 0.1) is 0 Å². The third-order valence-electron chi connectivity index (χ3n) is 1.92. The van der Waals surface area contributed by atoms with Crippen LogP contribution in [0.1, 0.15) is 33.6 Å². The lowest BCUT2D eigenvalue weighted by Crippen LogP contribution is -2.46. The quantitative estimate of drug-likeness (QED) is 0.708. The van der Waals surface area contributed by atoms with Gasteiger partial charge in [-0.05, 0) is 19.8 Å². The van der Waals surface area contributed by atoms with Crippen molar-refractivity contribution in [3.05, 3.63) is 0 Å². The van der Waals surface area contributed by atoms with Gasteiger partial charge in [0.25, 0.3) is 0 Å². The summed E-state index contributed by atoms with van der Waals surface area (Å²) in [5, 5.41) is 4.14. The van der Waals surface area contributed by atoms with Gasteiger partial charge >= 0.3 is 6.03 Å². The van der Waals surface area contributed by atoms with Gasteiger partial charge in [0.1, 0.15) is 5.38 Å². The van der Waals surface area contributed by atoms with Crippen LogP contribution in [0.15, 0.2) is 0 Å². The monoisotopic (exact) mass is 220 g/mol. The number of urea groups is 1. The van der Waals surface area contributed by atoms with Crippen LogP contribution in [0.25, 0.3) is 0 Å². The largest absolute Gasteiger partial charge is 0.335 e. The number of halogens is 1. The van der Waals surface area contributed by atoms with Crippen LogP contribution in [0.5, 0.6) is 0 Å². The predicted molar refractivity (Wildman–Crippen MR) is 56.4 cm³/mol. The Morgan fingerprint density at radius 3 is 2.14 bits per heavy atom. The Labute approximate surface area is 89.4 Å². The summed E-state index contributed by atoms with van der Waals surface area (Å²) in [5.74, 6) is -0.477. The maximum absolute atomic E-state index is 11.2. The Bertz CT molecular complexity index is 203. The number of nitrogens with one attached hydrogen (secondary N) is 2. The molecule has 82 valence electrons. The Morgan fingerprint density at radius 1 is 1.29 bits per heavy atom. The molecule has 1 unspecified atom stereocenters. The molecule has 0 rings (SSSR count). The van der Waals surface area contributed by atoms with Crippen LogP contribution in [0.4, 0.5) is 4.79 Å². The predicted octanol–water partition coefficient (Wildman–Crippen LogP) is 1.63. The van der Waals surface area contributed by atoms with E-state index in [0.29, 0.717) is 0 Å². The zero-order chi connectivity index (χ0) is 11.1. The average molecular weight is 221 g/mol. The standard InChI is InChI=1S/C9H17ClN2O2/c1-4-7(5-2)11-9(14)12-8(13)6(3)10/h6-7H,4-5H2,1-3H3,(H2,11,12,13,14). The SMILES string of the molecule is CCC(CC)NC(=O)NC(=O)C(C)Cl. The van der Waals surface area contributed by atoms with Crippen LogP contribution >= 0.6 is 11.6 Å². The number of alkyl halides is 1. The molecule has 0 saturated heterocycles. The minimum absolute atomic E-state index is 0.105. The Hall–Kier alpha value is -0.770. The molecule has 14 heavy (non-hydrogen) atoms. The van der Waals surface area contributed by atoms with Crippen molar-refractivity contribution in [2.24, 2.45) is 0 Å². The summed E-state index contributed by atoms with van der Waals surface area (Å²) >= 11 is 5.48. The highest BCUT2D eigenvalue weighted by molar-refractivity contribution is 6.31. The highest BCUT2D eigenvalue weighted by Crippen LogP contribution is 1.96. The van der Waals surface area contributed by atoms with Crippen molar-refractivity contribution in [1.29, 1.82) is 0 Å². The number of rotatable bonds is 4. The zero-order valence-corrected chi connectivity index (χ0v) is 9.52. The second-order valence-corrected chi connectivity index (χ2v) is 3.75. The minimum Gasteiger partial charge on any atom is -0.335 e. The van der Waals surface area contributed by atoms with E-state index >= 15 is 0 Å². The van der Waals surface area contributed by atoms with Crippen LogP contribution < -0.4 is 10.6 Å². The molecule has 0 bridgehead atoms. The molecule has 5 heteroatoms. The van der Waals surface area contributed by atoms with Crippen LogP contribution in [-0.4, -0.2) is 23.4 Å². The minimum atomic E-state index is -0.692. The van der Waals surface area contributed by atoms with E-state index in [0.717, 1.165) is 12.8 Å². The van der Waals surface area contributed by atoms with Gasteiger partial charge in [0.2, 0.25) is 5.91 Å². The summed E-state index contributed by atoms with van der Waals surface area (Å²) in [6, 6.07) is -0.371. The molecule has 4 nitrogen and oxygen atoms in total. The van der Waals surface area contributed by atoms with E-state index in [4.69, 9.17) is 11.6 Å². The molecule has 0 fully saturated rings. The maximum atomic E-state index is 11.2. The molecule has 1 atom stereocenters. The van der Waals surface area contributed by atoms with Gasteiger partial charge in [-0.3, -0.25) is 10.1 Å². The van der Waals surface area contributed by atoms with Gasteiger partial charge in [-0.25, -0.2) is 4.79 Å². The highest BCUT2D eigenvalue weighted by Gasteiger charge is 2.14. The van der Waals surface area contributed by atoms with E-state index in [2.05, 4.69) is 10.6 Å². The number of carbonyl (C=O) groups is 2. The Balaban J connectivity index is 3.91. The fourth-order valence-corrected chi connectivity index (χ4v) is 0.980. The van der Waals surface area contributed by atoms with Crippen LogP contribution in [-0.2, 0) is 4.79 Å². The van der Waals surface area contributed by atoms with Crippen molar-refractivity contribution >= 4 is 23.5 Å². The summed E-state index contributed by atoms with van der Waals surface area (Å²) in [6.45, 7) is 5.46. The second kappa shape index (κ2) is 6.65. The molecule has 0 radical (unpaired) electrons. The lowest BCUT2D eigenvalue weighted by atomic mass is 10.2. The highest BCUT2D eigenvalue weighted by atomic mass is 35.5. The molecule has 0 aliphatic heterocycles. The van der Waals surface area contributed by atoms with Crippen molar-refractivity contribution in [3.63, 3.8) is 0 Å². The molecule has 0 spiro atoms. The Kier molecular flexibility index (Phi) is 6.28. The van der Waals surface area contributed by atoms with Crippen molar-refractivity contribution in [2.75, 3.05) is 0 Å². The zero-order valence-electron chi connectivity index (χ0n) is 8.76. The third kappa shape index (κ3) is 5.07. The normalized spacial score (nSPS) is 12.4. The lowest BCUT2D eigenvalue weighted by molar-refractivity contribution is -0.119. The van der Waals surface area contributed by atoms with Gasteiger partial charge in [0.15, 0.2) is 0 Å². The van der Waals surface area contributed by atoms with E-state index in [1.807, 2.05) is 13.8 Å². The summed E-state index contributed by atoms with van der Waals surface area (Å²) < 4.78 is 0. The molecule has 0 aromatic carbocycles. The van der Waals surface area contributed by atoms with Gasteiger partial charge in [-0.2, -0.15) is 0 Å². The number of amides is 3. The van der Waals surface area contributed by atoms with Crippen molar-refractivity contribution < 1.29 is 9.59 Å². The number of carbonyl (C=O) groups excluding carboxylic acids is 2. The summed E-state index contributed by atoms with van der Waals surface area (Å²) in [5.41, 5.74) is 0. The third-order valence-corrected chi connectivity index (χ3v) is 2.12.